The Morgan fingerprint density at radius 2 is 2.13 bits per heavy atom. The average molecular weight is 311 g/mol. The molecular formula is C18H21N3O2. The van der Waals surface area contributed by atoms with Crippen LogP contribution in [0.25, 0.3) is 0 Å². The minimum atomic E-state index is -0.126. The van der Waals surface area contributed by atoms with E-state index in [4.69, 9.17) is 9.84 Å². The SMILES string of the molecule is O=C(NCC1OCCc2cn(Cc3ccccc3)nc21)C1CC1. The largest absolute Gasteiger partial charge is 0.370 e. The van der Waals surface area contributed by atoms with Crippen molar-refractivity contribution in [2.24, 2.45) is 5.92 Å². The highest BCUT2D eigenvalue weighted by molar-refractivity contribution is 5.80. The maximum Gasteiger partial charge on any atom is 0.223 e. The predicted molar refractivity (Wildman–Crippen MR) is 85.9 cm³/mol. The topological polar surface area (TPSA) is 56.1 Å². The lowest BCUT2D eigenvalue weighted by Gasteiger charge is -2.22. The first-order chi connectivity index (χ1) is 11.3. The summed E-state index contributed by atoms with van der Waals surface area (Å²) in [7, 11) is 0. The number of ether oxygens (including phenoxy) is 1. The van der Waals surface area contributed by atoms with Crippen LogP contribution >= 0.6 is 0 Å². The summed E-state index contributed by atoms with van der Waals surface area (Å²) in [6, 6.07) is 10.3. The van der Waals surface area contributed by atoms with E-state index >= 15 is 0 Å². The lowest BCUT2D eigenvalue weighted by molar-refractivity contribution is -0.123. The lowest BCUT2D eigenvalue weighted by atomic mass is 10.1. The summed E-state index contributed by atoms with van der Waals surface area (Å²) in [6.07, 6.45) is 4.92. The van der Waals surface area contributed by atoms with Gasteiger partial charge in [0.1, 0.15) is 6.10 Å². The summed E-state index contributed by atoms with van der Waals surface area (Å²) in [5, 5.41) is 7.71. The van der Waals surface area contributed by atoms with Crippen LogP contribution in [0, 0.1) is 5.92 Å². The van der Waals surface area contributed by atoms with Crippen molar-refractivity contribution in [1.29, 1.82) is 0 Å². The summed E-state index contributed by atoms with van der Waals surface area (Å²) in [4.78, 5) is 11.8. The van der Waals surface area contributed by atoms with Gasteiger partial charge in [0.15, 0.2) is 0 Å². The van der Waals surface area contributed by atoms with Gasteiger partial charge < -0.3 is 10.1 Å². The molecule has 23 heavy (non-hydrogen) atoms. The monoisotopic (exact) mass is 311 g/mol. The van der Waals surface area contributed by atoms with Crippen LogP contribution < -0.4 is 5.32 Å². The van der Waals surface area contributed by atoms with Crippen LogP contribution in [0.4, 0.5) is 0 Å². The van der Waals surface area contributed by atoms with E-state index in [0.29, 0.717) is 13.2 Å². The minimum Gasteiger partial charge on any atom is -0.370 e. The van der Waals surface area contributed by atoms with Gasteiger partial charge in [-0.25, -0.2) is 0 Å². The highest BCUT2D eigenvalue weighted by Gasteiger charge is 2.31. The van der Waals surface area contributed by atoms with E-state index in [1.54, 1.807) is 0 Å². The molecule has 1 fully saturated rings. The van der Waals surface area contributed by atoms with E-state index in [2.05, 4.69) is 23.6 Å². The number of fused-ring (bicyclic) bond motifs is 1. The van der Waals surface area contributed by atoms with E-state index in [1.807, 2.05) is 22.9 Å². The fraction of sp³-hybridized carbons (Fsp3) is 0.444. The molecule has 2 aromatic rings. The van der Waals surface area contributed by atoms with Crippen molar-refractivity contribution in [3.8, 4) is 0 Å². The first kappa shape index (κ1) is 14.5. The molecule has 1 aliphatic carbocycles. The number of benzene rings is 1. The van der Waals surface area contributed by atoms with E-state index in [0.717, 1.165) is 31.5 Å². The second kappa shape index (κ2) is 6.16. The molecule has 1 amide bonds. The molecule has 1 aliphatic heterocycles. The summed E-state index contributed by atoms with van der Waals surface area (Å²) >= 11 is 0. The van der Waals surface area contributed by atoms with Gasteiger partial charge in [-0.1, -0.05) is 30.3 Å². The Hall–Kier alpha value is -2.14. The summed E-state index contributed by atoms with van der Waals surface area (Å²) < 4.78 is 7.80. The third kappa shape index (κ3) is 3.29. The minimum absolute atomic E-state index is 0.126. The Kier molecular flexibility index (Phi) is 3.87. The van der Waals surface area contributed by atoms with E-state index in [-0.39, 0.29) is 17.9 Å². The van der Waals surface area contributed by atoms with Crippen LogP contribution in [0.5, 0.6) is 0 Å². The van der Waals surface area contributed by atoms with Crippen LogP contribution in [0.3, 0.4) is 0 Å². The highest BCUT2D eigenvalue weighted by atomic mass is 16.5. The van der Waals surface area contributed by atoms with Gasteiger partial charge in [-0.15, -0.1) is 0 Å². The number of carbonyl (C=O) groups is 1. The van der Waals surface area contributed by atoms with Gasteiger partial charge in [0.2, 0.25) is 5.91 Å². The zero-order valence-electron chi connectivity index (χ0n) is 13.1. The third-order valence-corrected chi connectivity index (χ3v) is 4.46. The number of nitrogens with zero attached hydrogens (tertiary/aromatic N) is 2. The number of rotatable bonds is 5. The van der Waals surface area contributed by atoms with Gasteiger partial charge in [-0.05, 0) is 30.4 Å². The van der Waals surface area contributed by atoms with Crippen LogP contribution in [0.1, 0.15) is 35.8 Å². The predicted octanol–water partition coefficient (Wildman–Crippen LogP) is 2.07. The second-order valence-corrected chi connectivity index (χ2v) is 6.35. The highest BCUT2D eigenvalue weighted by Crippen LogP contribution is 2.30. The van der Waals surface area contributed by atoms with Crippen molar-refractivity contribution < 1.29 is 9.53 Å². The standard InChI is InChI=1S/C18H21N3O2/c22-18(14-6-7-14)19-10-16-17-15(8-9-23-16)12-21(20-17)11-13-4-2-1-3-5-13/h1-5,12,14,16H,6-11H2,(H,19,22). The molecule has 5 heteroatoms. The van der Waals surface area contributed by atoms with Gasteiger partial charge in [0.05, 0.1) is 18.8 Å². The molecule has 1 unspecified atom stereocenters. The number of aromatic nitrogens is 2. The Bertz CT molecular complexity index is 692. The zero-order chi connectivity index (χ0) is 15.6. The van der Waals surface area contributed by atoms with Gasteiger partial charge in [0.25, 0.3) is 0 Å². The molecular weight excluding hydrogens is 290 g/mol. The summed E-state index contributed by atoms with van der Waals surface area (Å²) in [6.45, 7) is 1.97. The molecule has 4 rings (SSSR count). The fourth-order valence-electron chi connectivity index (χ4n) is 3.02. The maximum atomic E-state index is 11.8. The number of carbonyl (C=O) groups excluding carboxylic acids is 1. The second-order valence-electron chi connectivity index (χ2n) is 6.35. The number of amides is 1. The smallest absolute Gasteiger partial charge is 0.223 e. The van der Waals surface area contributed by atoms with Crippen molar-refractivity contribution in [2.45, 2.75) is 31.9 Å². The molecule has 2 aliphatic rings. The number of hydrogen-bond donors (Lipinski definition) is 1. The van der Waals surface area contributed by atoms with Crippen molar-refractivity contribution in [2.75, 3.05) is 13.2 Å². The maximum absolute atomic E-state index is 11.8. The van der Waals surface area contributed by atoms with Crippen molar-refractivity contribution in [3.63, 3.8) is 0 Å². The molecule has 120 valence electrons. The molecule has 1 N–H and O–H groups in total. The number of hydrogen-bond acceptors (Lipinski definition) is 3. The zero-order valence-corrected chi connectivity index (χ0v) is 13.1. The molecule has 0 bridgehead atoms. The Labute approximate surface area is 135 Å². The Morgan fingerprint density at radius 1 is 1.30 bits per heavy atom. The third-order valence-electron chi connectivity index (χ3n) is 4.46. The molecule has 0 saturated heterocycles. The number of nitrogens with one attached hydrogen (secondary N) is 1. The van der Waals surface area contributed by atoms with Gasteiger partial charge in [-0.2, -0.15) is 5.10 Å². The van der Waals surface area contributed by atoms with Crippen molar-refractivity contribution >= 4 is 5.91 Å². The van der Waals surface area contributed by atoms with Crippen LogP contribution in [-0.4, -0.2) is 28.8 Å². The quantitative estimate of drug-likeness (QED) is 0.920. The molecule has 1 saturated carbocycles. The van der Waals surface area contributed by atoms with Crippen molar-refractivity contribution in [3.05, 3.63) is 53.3 Å². The summed E-state index contributed by atoms with van der Waals surface area (Å²) in [5.41, 5.74) is 3.44. The van der Waals surface area contributed by atoms with Crippen LogP contribution in [-0.2, 0) is 22.5 Å². The average Bonchev–Trinajstić information content (AvgIpc) is 3.34. The van der Waals surface area contributed by atoms with Gasteiger partial charge >= 0.3 is 0 Å². The van der Waals surface area contributed by atoms with Crippen LogP contribution in [0.2, 0.25) is 0 Å². The molecule has 1 aromatic heterocycles. The van der Waals surface area contributed by atoms with Gasteiger partial charge in [-0.3, -0.25) is 9.48 Å². The molecule has 2 heterocycles. The lowest BCUT2D eigenvalue weighted by Crippen LogP contribution is -2.32. The van der Waals surface area contributed by atoms with E-state index < -0.39 is 0 Å². The molecule has 0 radical (unpaired) electrons. The Balaban J connectivity index is 1.45. The molecule has 1 aromatic carbocycles. The molecule has 1 atom stereocenters. The normalized spacial score (nSPS) is 20.1. The first-order valence-electron chi connectivity index (χ1n) is 8.29. The van der Waals surface area contributed by atoms with E-state index in [9.17, 15) is 4.79 Å². The summed E-state index contributed by atoms with van der Waals surface area (Å²) in [5.74, 6) is 0.387. The fourth-order valence-corrected chi connectivity index (χ4v) is 3.02. The first-order valence-corrected chi connectivity index (χ1v) is 8.29. The van der Waals surface area contributed by atoms with Gasteiger partial charge in [0, 0.05) is 18.7 Å². The molecule has 5 nitrogen and oxygen atoms in total. The van der Waals surface area contributed by atoms with Crippen molar-refractivity contribution in [1.82, 2.24) is 15.1 Å². The molecule has 0 spiro atoms. The van der Waals surface area contributed by atoms with E-state index in [1.165, 1.54) is 11.1 Å². The Morgan fingerprint density at radius 3 is 2.91 bits per heavy atom. The van der Waals surface area contributed by atoms with Crippen LogP contribution in [0.15, 0.2) is 36.5 Å².